The van der Waals surface area contributed by atoms with Crippen molar-refractivity contribution in [2.24, 2.45) is 0 Å². The number of ether oxygens (including phenoxy) is 1. The summed E-state index contributed by atoms with van der Waals surface area (Å²) in [5.74, 6) is 0.456. The predicted molar refractivity (Wildman–Crippen MR) is 99.7 cm³/mol. The quantitative estimate of drug-likeness (QED) is 0.714. The molecule has 2 saturated heterocycles. The summed E-state index contributed by atoms with van der Waals surface area (Å²) >= 11 is 0. The van der Waals surface area contributed by atoms with Crippen LogP contribution in [0.4, 0.5) is 4.79 Å². The van der Waals surface area contributed by atoms with Crippen molar-refractivity contribution in [3.05, 3.63) is 48.2 Å². The standard InChI is InChI=1S/C19H21N5O3/c1-11(2)18(25)24-8-7-13(10-24)27-17-14-6-4-3-5-12(14)9-15(20-17)16-21-19(26)23-22-16/h3-6,9,13,16,22H,1,7-8,10H2,2H3,(H2,21,23,26)/t13-,16?/m1/s1. The molecular weight excluding hydrogens is 346 g/mol. The van der Waals surface area contributed by atoms with Crippen molar-refractivity contribution < 1.29 is 14.3 Å². The van der Waals surface area contributed by atoms with Crippen LogP contribution >= 0.6 is 0 Å². The molecule has 140 valence electrons. The number of rotatable bonds is 4. The number of benzene rings is 1. The fraction of sp³-hybridized carbons (Fsp3) is 0.316. The summed E-state index contributed by atoms with van der Waals surface area (Å²) in [6, 6.07) is 9.41. The lowest BCUT2D eigenvalue weighted by Gasteiger charge is -2.19. The molecule has 2 atom stereocenters. The second kappa shape index (κ2) is 6.88. The van der Waals surface area contributed by atoms with E-state index in [1.165, 1.54) is 0 Å². The summed E-state index contributed by atoms with van der Waals surface area (Å²) < 4.78 is 6.18. The van der Waals surface area contributed by atoms with Crippen LogP contribution < -0.4 is 20.9 Å². The lowest BCUT2D eigenvalue weighted by Crippen LogP contribution is -2.31. The van der Waals surface area contributed by atoms with E-state index in [1.54, 1.807) is 11.8 Å². The van der Waals surface area contributed by atoms with Crippen LogP contribution in [-0.2, 0) is 4.79 Å². The Kier molecular flexibility index (Phi) is 4.41. The van der Waals surface area contributed by atoms with E-state index in [2.05, 4.69) is 27.7 Å². The Balaban J connectivity index is 1.60. The third kappa shape index (κ3) is 3.43. The van der Waals surface area contributed by atoms with Crippen LogP contribution in [0.25, 0.3) is 10.8 Å². The van der Waals surface area contributed by atoms with Gasteiger partial charge in [-0.05, 0) is 24.4 Å². The topological polar surface area (TPSA) is 95.6 Å². The molecule has 0 spiro atoms. The van der Waals surface area contributed by atoms with Gasteiger partial charge in [-0.25, -0.2) is 15.2 Å². The molecule has 2 fully saturated rings. The fourth-order valence-corrected chi connectivity index (χ4v) is 3.35. The molecule has 1 aromatic carbocycles. The SMILES string of the molecule is C=C(C)C(=O)N1CC[C@@H](Oc2nc(C3NNC(=O)N3)cc3ccccc23)C1. The van der Waals surface area contributed by atoms with Gasteiger partial charge in [0.2, 0.25) is 11.8 Å². The number of carbonyl (C=O) groups excluding carboxylic acids is 2. The van der Waals surface area contributed by atoms with E-state index < -0.39 is 6.17 Å². The van der Waals surface area contributed by atoms with Gasteiger partial charge in [-0.15, -0.1) is 0 Å². The first kappa shape index (κ1) is 17.3. The lowest BCUT2D eigenvalue weighted by molar-refractivity contribution is -0.126. The van der Waals surface area contributed by atoms with E-state index in [0.717, 1.165) is 17.2 Å². The number of urea groups is 1. The molecule has 2 aliphatic heterocycles. The molecule has 3 amide bonds. The Morgan fingerprint density at radius 1 is 1.37 bits per heavy atom. The van der Waals surface area contributed by atoms with E-state index >= 15 is 0 Å². The summed E-state index contributed by atoms with van der Waals surface area (Å²) in [6.45, 7) is 6.58. The van der Waals surface area contributed by atoms with Crippen molar-refractivity contribution >= 4 is 22.7 Å². The predicted octanol–water partition coefficient (Wildman–Crippen LogP) is 1.61. The number of likely N-dealkylation sites (tertiary alicyclic amines) is 1. The molecule has 8 nitrogen and oxygen atoms in total. The van der Waals surface area contributed by atoms with Gasteiger partial charge in [-0.1, -0.05) is 24.8 Å². The Morgan fingerprint density at radius 2 is 2.19 bits per heavy atom. The van der Waals surface area contributed by atoms with Crippen LogP contribution in [0.5, 0.6) is 5.88 Å². The highest BCUT2D eigenvalue weighted by atomic mass is 16.5. The Bertz CT molecular complexity index is 929. The van der Waals surface area contributed by atoms with Gasteiger partial charge in [0.1, 0.15) is 12.3 Å². The molecular formula is C19H21N5O3. The minimum absolute atomic E-state index is 0.0448. The number of amides is 3. The number of hydrazine groups is 1. The maximum atomic E-state index is 12.1. The highest BCUT2D eigenvalue weighted by Crippen LogP contribution is 2.29. The van der Waals surface area contributed by atoms with E-state index in [-0.39, 0.29) is 18.0 Å². The number of aromatic nitrogens is 1. The summed E-state index contributed by atoms with van der Waals surface area (Å²) in [4.78, 5) is 29.9. The summed E-state index contributed by atoms with van der Waals surface area (Å²) in [5.41, 5.74) is 6.53. The first-order valence-electron chi connectivity index (χ1n) is 8.84. The normalized spacial score (nSPS) is 21.8. The second-order valence-electron chi connectivity index (χ2n) is 6.81. The second-order valence-corrected chi connectivity index (χ2v) is 6.81. The van der Waals surface area contributed by atoms with Crippen molar-refractivity contribution in [1.29, 1.82) is 0 Å². The number of hydrogen-bond acceptors (Lipinski definition) is 5. The molecule has 3 N–H and O–H groups in total. The van der Waals surface area contributed by atoms with Crippen LogP contribution in [0.3, 0.4) is 0 Å². The Morgan fingerprint density at radius 3 is 2.93 bits per heavy atom. The van der Waals surface area contributed by atoms with Crippen molar-refractivity contribution in [1.82, 2.24) is 26.1 Å². The molecule has 4 rings (SSSR count). The summed E-state index contributed by atoms with van der Waals surface area (Å²) in [7, 11) is 0. The highest BCUT2D eigenvalue weighted by Gasteiger charge is 2.29. The van der Waals surface area contributed by atoms with Gasteiger partial charge in [0.25, 0.3) is 0 Å². The van der Waals surface area contributed by atoms with Gasteiger partial charge < -0.3 is 15.0 Å². The monoisotopic (exact) mass is 367 g/mol. The molecule has 3 heterocycles. The third-order valence-electron chi connectivity index (χ3n) is 4.70. The van der Waals surface area contributed by atoms with Gasteiger partial charge in [0.15, 0.2) is 0 Å². The van der Waals surface area contributed by atoms with Crippen LogP contribution in [-0.4, -0.2) is 41.0 Å². The van der Waals surface area contributed by atoms with E-state index in [4.69, 9.17) is 4.74 Å². The zero-order valence-corrected chi connectivity index (χ0v) is 15.0. The van der Waals surface area contributed by atoms with E-state index in [9.17, 15) is 9.59 Å². The minimum atomic E-state index is -0.436. The molecule has 0 bridgehead atoms. The smallest absolute Gasteiger partial charge is 0.330 e. The summed E-state index contributed by atoms with van der Waals surface area (Å²) in [5, 5.41) is 4.61. The molecule has 0 saturated carbocycles. The molecule has 1 aromatic heterocycles. The van der Waals surface area contributed by atoms with Crippen LogP contribution in [0.2, 0.25) is 0 Å². The minimum Gasteiger partial charge on any atom is -0.472 e. The van der Waals surface area contributed by atoms with E-state index in [1.807, 2.05) is 30.3 Å². The fourth-order valence-electron chi connectivity index (χ4n) is 3.35. The number of hydrogen-bond donors (Lipinski definition) is 3. The highest BCUT2D eigenvalue weighted by molar-refractivity contribution is 5.92. The largest absolute Gasteiger partial charge is 0.472 e. The number of nitrogens with zero attached hydrogens (tertiary/aromatic N) is 2. The average molecular weight is 367 g/mol. The molecule has 2 aliphatic rings. The first-order chi connectivity index (χ1) is 13.0. The van der Waals surface area contributed by atoms with Crippen molar-refractivity contribution in [2.75, 3.05) is 13.1 Å². The molecule has 2 aromatic rings. The van der Waals surface area contributed by atoms with Crippen LogP contribution in [0.15, 0.2) is 42.5 Å². The zero-order chi connectivity index (χ0) is 19.0. The van der Waals surface area contributed by atoms with Gasteiger partial charge in [0, 0.05) is 23.9 Å². The first-order valence-corrected chi connectivity index (χ1v) is 8.84. The van der Waals surface area contributed by atoms with Crippen molar-refractivity contribution in [3.63, 3.8) is 0 Å². The average Bonchev–Trinajstić information content (AvgIpc) is 3.30. The van der Waals surface area contributed by atoms with Gasteiger partial charge in [-0.3, -0.25) is 10.2 Å². The molecule has 27 heavy (non-hydrogen) atoms. The maximum absolute atomic E-state index is 12.1. The lowest BCUT2D eigenvalue weighted by atomic mass is 10.1. The molecule has 0 aliphatic carbocycles. The van der Waals surface area contributed by atoms with Gasteiger partial charge >= 0.3 is 6.03 Å². The Hall–Kier alpha value is -3.13. The Labute approximate surface area is 156 Å². The molecule has 0 radical (unpaired) electrons. The van der Waals surface area contributed by atoms with E-state index in [0.29, 0.717) is 30.2 Å². The van der Waals surface area contributed by atoms with Crippen LogP contribution in [0.1, 0.15) is 25.2 Å². The number of nitrogens with one attached hydrogen (secondary N) is 3. The number of fused-ring (bicyclic) bond motifs is 1. The third-order valence-corrected chi connectivity index (χ3v) is 4.70. The van der Waals surface area contributed by atoms with Gasteiger partial charge in [-0.2, -0.15) is 0 Å². The molecule has 1 unspecified atom stereocenters. The zero-order valence-electron chi connectivity index (χ0n) is 15.0. The van der Waals surface area contributed by atoms with Crippen molar-refractivity contribution in [3.8, 4) is 5.88 Å². The summed E-state index contributed by atoms with van der Waals surface area (Å²) in [6.07, 6.45) is 0.164. The van der Waals surface area contributed by atoms with Gasteiger partial charge in [0.05, 0.1) is 12.2 Å². The van der Waals surface area contributed by atoms with Crippen molar-refractivity contribution in [2.45, 2.75) is 25.6 Å². The number of carbonyl (C=O) groups is 2. The number of pyridine rings is 1. The maximum Gasteiger partial charge on any atom is 0.330 e. The van der Waals surface area contributed by atoms with Crippen LogP contribution in [0, 0.1) is 0 Å². The molecule has 8 heteroatoms.